The van der Waals surface area contributed by atoms with Crippen LogP contribution in [0.25, 0.3) is 10.9 Å². The molecular formula is C15H19N3O. The summed E-state index contributed by atoms with van der Waals surface area (Å²) in [7, 11) is 0. The topological polar surface area (TPSA) is 49.0 Å². The predicted octanol–water partition coefficient (Wildman–Crippen LogP) is 2.16. The largest absolute Gasteiger partial charge is 0.309 e. The maximum Gasteiger partial charge on any atom is 0.258 e. The first-order chi connectivity index (χ1) is 9.22. The van der Waals surface area contributed by atoms with Crippen LogP contribution in [-0.2, 0) is 6.54 Å². The Morgan fingerprint density at radius 1 is 1.42 bits per heavy atom. The number of hydrogen-bond donors (Lipinski definition) is 1. The van der Waals surface area contributed by atoms with Gasteiger partial charge in [-0.25, -0.2) is 4.98 Å². The van der Waals surface area contributed by atoms with Gasteiger partial charge < -0.3 is 4.98 Å². The summed E-state index contributed by atoms with van der Waals surface area (Å²) in [4.78, 5) is 21.8. The number of benzene rings is 1. The first-order valence-corrected chi connectivity index (χ1v) is 6.92. The van der Waals surface area contributed by atoms with Crippen molar-refractivity contribution in [2.75, 3.05) is 13.1 Å². The van der Waals surface area contributed by atoms with Gasteiger partial charge in [0, 0.05) is 6.54 Å². The average molecular weight is 257 g/mol. The first kappa shape index (κ1) is 12.4. The summed E-state index contributed by atoms with van der Waals surface area (Å²) in [5.41, 5.74) is 0.747. The Bertz CT molecular complexity index is 635. The van der Waals surface area contributed by atoms with Crippen molar-refractivity contribution in [3.8, 4) is 0 Å². The first-order valence-electron chi connectivity index (χ1n) is 6.92. The molecule has 0 aliphatic carbocycles. The summed E-state index contributed by atoms with van der Waals surface area (Å²) in [6.45, 7) is 5.21. The second-order valence-electron chi connectivity index (χ2n) is 5.51. The van der Waals surface area contributed by atoms with Crippen LogP contribution in [0.3, 0.4) is 0 Å². The van der Waals surface area contributed by atoms with E-state index in [1.807, 2.05) is 24.3 Å². The van der Waals surface area contributed by atoms with Crippen LogP contribution in [0.15, 0.2) is 29.1 Å². The lowest BCUT2D eigenvalue weighted by atomic mass is 10.0. The van der Waals surface area contributed by atoms with Crippen molar-refractivity contribution in [1.82, 2.24) is 14.9 Å². The number of para-hydroxylation sites is 1. The Morgan fingerprint density at radius 2 is 2.26 bits per heavy atom. The smallest absolute Gasteiger partial charge is 0.258 e. The molecule has 1 fully saturated rings. The van der Waals surface area contributed by atoms with Crippen molar-refractivity contribution in [2.24, 2.45) is 5.92 Å². The Balaban J connectivity index is 1.87. The lowest BCUT2D eigenvalue weighted by Crippen LogP contribution is -2.34. The number of aromatic amines is 1. The Hall–Kier alpha value is -1.68. The van der Waals surface area contributed by atoms with E-state index >= 15 is 0 Å². The average Bonchev–Trinajstić information content (AvgIpc) is 2.39. The number of fused-ring (bicyclic) bond motifs is 1. The fourth-order valence-electron chi connectivity index (χ4n) is 2.85. The summed E-state index contributed by atoms with van der Waals surface area (Å²) in [5, 5.41) is 0.665. The number of hydrogen-bond acceptors (Lipinski definition) is 3. The minimum atomic E-state index is -0.0364. The minimum Gasteiger partial charge on any atom is -0.309 e. The molecule has 1 N–H and O–H groups in total. The third kappa shape index (κ3) is 2.68. The summed E-state index contributed by atoms with van der Waals surface area (Å²) in [5.74, 6) is 1.51. The van der Waals surface area contributed by atoms with Gasteiger partial charge in [-0.1, -0.05) is 19.1 Å². The van der Waals surface area contributed by atoms with Crippen LogP contribution in [0, 0.1) is 5.92 Å². The molecule has 1 aliphatic heterocycles. The predicted molar refractivity (Wildman–Crippen MR) is 76.0 cm³/mol. The van der Waals surface area contributed by atoms with E-state index in [9.17, 15) is 4.79 Å². The SMILES string of the molecule is CC1CCCN(Cc2nc3ccccc3c(=O)[nH]2)C1. The molecule has 3 rings (SSSR count). The van der Waals surface area contributed by atoms with Crippen molar-refractivity contribution < 1.29 is 0 Å². The molecule has 1 atom stereocenters. The van der Waals surface area contributed by atoms with Crippen LogP contribution >= 0.6 is 0 Å². The van der Waals surface area contributed by atoms with Crippen LogP contribution in [0.2, 0.25) is 0 Å². The second kappa shape index (κ2) is 5.13. The van der Waals surface area contributed by atoms with Gasteiger partial charge in [0.25, 0.3) is 5.56 Å². The van der Waals surface area contributed by atoms with Gasteiger partial charge >= 0.3 is 0 Å². The minimum absolute atomic E-state index is 0.0364. The van der Waals surface area contributed by atoms with E-state index in [0.717, 1.165) is 36.9 Å². The normalized spacial score (nSPS) is 20.8. The van der Waals surface area contributed by atoms with Crippen LogP contribution in [0.4, 0.5) is 0 Å². The molecule has 0 spiro atoms. The summed E-state index contributed by atoms with van der Waals surface area (Å²) in [6, 6.07) is 7.49. The van der Waals surface area contributed by atoms with Crippen LogP contribution in [0.5, 0.6) is 0 Å². The maximum atomic E-state index is 12.0. The number of nitrogens with zero attached hydrogens (tertiary/aromatic N) is 2. The lowest BCUT2D eigenvalue weighted by Gasteiger charge is -2.30. The molecule has 1 aromatic carbocycles. The van der Waals surface area contributed by atoms with Gasteiger partial charge in [0.15, 0.2) is 0 Å². The number of aromatic nitrogens is 2. The number of nitrogens with one attached hydrogen (secondary N) is 1. The molecule has 0 bridgehead atoms. The molecule has 2 heterocycles. The molecule has 0 amide bonds. The van der Waals surface area contributed by atoms with Crippen molar-refractivity contribution in [1.29, 1.82) is 0 Å². The quantitative estimate of drug-likeness (QED) is 0.897. The summed E-state index contributed by atoms with van der Waals surface area (Å²) < 4.78 is 0. The molecule has 1 saturated heterocycles. The molecule has 4 heteroatoms. The Kier molecular flexibility index (Phi) is 3.34. The molecular weight excluding hydrogens is 238 g/mol. The highest BCUT2D eigenvalue weighted by molar-refractivity contribution is 5.77. The molecule has 1 aliphatic rings. The second-order valence-corrected chi connectivity index (χ2v) is 5.51. The zero-order valence-corrected chi connectivity index (χ0v) is 11.2. The van der Waals surface area contributed by atoms with Gasteiger partial charge in [-0.3, -0.25) is 9.69 Å². The third-order valence-corrected chi connectivity index (χ3v) is 3.78. The molecule has 0 saturated carbocycles. The van der Waals surface area contributed by atoms with Crippen molar-refractivity contribution >= 4 is 10.9 Å². The van der Waals surface area contributed by atoms with E-state index in [2.05, 4.69) is 21.8 Å². The van der Waals surface area contributed by atoms with Crippen molar-refractivity contribution in [2.45, 2.75) is 26.3 Å². The van der Waals surface area contributed by atoms with Crippen molar-refractivity contribution in [3.63, 3.8) is 0 Å². The molecule has 100 valence electrons. The zero-order valence-electron chi connectivity index (χ0n) is 11.2. The van der Waals surface area contributed by atoms with Gasteiger partial charge in [0.1, 0.15) is 5.82 Å². The molecule has 0 radical (unpaired) electrons. The molecule has 19 heavy (non-hydrogen) atoms. The third-order valence-electron chi connectivity index (χ3n) is 3.78. The van der Waals surface area contributed by atoms with E-state index in [-0.39, 0.29) is 5.56 Å². The number of H-pyrrole nitrogens is 1. The number of rotatable bonds is 2. The van der Waals surface area contributed by atoms with Gasteiger partial charge in [-0.05, 0) is 37.4 Å². The van der Waals surface area contributed by atoms with Crippen LogP contribution < -0.4 is 5.56 Å². The van der Waals surface area contributed by atoms with Gasteiger partial charge in [-0.2, -0.15) is 0 Å². The molecule has 4 nitrogen and oxygen atoms in total. The van der Waals surface area contributed by atoms with Crippen LogP contribution in [-0.4, -0.2) is 28.0 Å². The van der Waals surface area contributed by atoms with E-state index in [1.165, 1.54) is 12.8 Å². The lowest BCUT2D eigenvalue weighted by molar-refractivity contribution is 0.173. The number of likely N-dealkylation sites (tertiary alicyclic amines) is 1. The fourth-order valence-corrected chi connectivity index (χ4v) is 2.85. The van der Waals surface area contributed by atoms with Crippen LogP contribution in [0.1, 0.15) is 25.6 Å². The van der Waals surface area contributed by atoms with Gasteiger partial charge in [-0.15, -0.1) is 0 Å². The van der Waals surface area contributed by atoms with E-state index in [4.69, 9.17) is 0 Å². The Morgan fingerprint density at radius 3 is 3.11 bits per heavy atom. The monoisotopic (exact) mass is 257 g/mol. The van der Waals surface area contributed by atoms with Gasteiger partial charge in [0.2, 0.25) is 0 Å². The zero-order chi connectivity index (χ0) is 13.2. The molecule has 1 aromatic heterocycles. The molecule has 1 unspecified atom stereocenters. The number of piperidine rings is 1. The Labute approximate surface area is 112 Å². The molecule has 2 aromatic rings. The standard InChI is InChI=1S/C15H19N3O/c1-11-5-4-8-18(9-11)10-14-16-13-7-3-2-6-12(13)15(19)17-14/h2-3,6-7,11H,4-5,8-10H2,1H3,(H,16,17,19). The van der Waals surface area contributed by atoms with Crippen molar-refractivity contribution in [3.05, 3.63) is 40.4 Å². The fraction of sp³-hybridized carbons (Fsp3) is 0.467. The van der Waals surface area contributed by atoms with E-state index < -0.39 is 0 Å². The van der Waals surface area contributed by atoms with E-state index in [0.29, 0.717) is 5.39 Å². The van der Waals surface area contributed by atoms with E-state index in [1.54, 1.807) is 0 Å². The maximum absolute atomic E-state index is 12.0. The highest BCUT2D eigenvalue weighted by atomic mass is 16.1. The summed E-state index contributed by atoms with van der Waals surface area (Å²) in [6.07, 6.45) is 2.54. The summed E-state index contributed by atoms with van der Waals surface area (Å²) >= 11 is 0. The van der Waals surface area contributed by atoms with Gasteiger partial charge in [0.05, 0.1) is 17.4 Å². The highest BCUT2D eigenvalue weighted by Crippen LogP contribution is 2.17. The highest BCUT2D eigenvalue weighted by Gasteiger charge is 2.17.